The van der Waals surface area contributed by atoms with E-state index in [1.807, 2.05) is 36.4 Å². The van der Waals surface area contributed by atoms with Crippen molar-refractivity contribution in [3.63, 3.8) is 0 Å². The summed E-state index contributed by atoms with van der Waals surface area (Å²) >= 11 is 0. The first-order valence-corrected chi connectivity index (χ1v) is 7.19. The van der Waals surface area contributed by atoms with Gasteiger partial charge in [-0.25, -0.2) is 0 Å². The summed E-state index contributed by atoms with van der Waals surface area (Å²) in [7, 11) is 0. The molecule has 0 amide bonds. The fraction of sp³-hybridized carbons (Fsp3) is 0.333. The van der Waals surface area contributed by atoms with E-state index in [4.69, 9.17) is 4.74 Å². The summed E-state index contributed by atoms with van der Waals surface area (Å²) in [6.07, 6.45) is 0.242. The monoisotopic (exact) mass is 268 g/mol. The Bertz CT molecular complexity index is 538. The lowest BCUT2D eigenvalue weighted by Gasteiger charge is -2.38. The van der Waals surface area contributed by atoms with Gasteiger partial charge in [-0.15, -0.1) is 0 Å². The number of aliphatic hydroxyl groups is 1. The van der Waals surface area contributed by atoms with Crippen LogP contribution in [0.5, 0.6) is 0 Å². The van der Waals surface area contributed by atoms with Gasteiger partial charge in [0.05, 0.1) is 18.3 Å². The lowest BCUT2D eigenvalue weighted by Crippen LogP contribution is -2.34. The predicted octanol–water partition coefficient (Wildman–Crippen LogP) is 3.89. The molecule has 1 heterocycles. The van der Waals surface area contributed by atoms with Gasteiger partial charge in [-0.1, -0.05) is 67.6 Å². The van der Waals surface area contributed by atoms with Gasteiger partial charge in [0.25, 0.3) is 0 Å². The third-order valence-corrected chi connectivity index (χ3v) is 4.15. The molecule has 2 aromatic rings. The summed E-state index contributed by atoms with van der Waals surface area (Å²) in [6.45, 7) is 2.06. The van der Waals surface area contributed by atoms with Crippen LogP contribution in [0, 0.1) is 5.92 Å². The molecule has 0 unspecified atom stereocenters. The van der Waals surface area contributed by atoms with Crippen LogP contribution in [0.25, 0.3) is 0 Å². The van der Waals surface area contributed by atoms with Crippen LogP contribution in [0.4, 0.5) is 0 Å². The van der Waals surface area contributed by atoms with Gasteiger partial charge in [-0.2, -0.15) is 0 Å². The summed E-state index contributed by atoms with van der Waals surface area (Å²) in [6, 6.07) is 20.3. The molecule has 1 N–H and O–H groups in total. The minimum Gasteiger partial charge on any atom is -0.393 e. The molecule has 0 aromatic heterocycles. The van der Waals surface area contributed by atoms with Crippen molar-refractivity contribution in [1.29, 1.82) is 0 Å². The molecule has 1 fully saturated rings. The average molecular weight is 268 g/mol. The van der Waals surface area contributed by atoms with Crippen molar-refractivity contribution in [3.8, 4) is 0 Å². The topological polar surface area (TPSA) is 29.5 Å². The zero-order valence-corrected chi connectivity index (χ0v) is 11.6. The van der Waals surface area contributed by atoms with Crippen molar-refractivity contribution in [2.24, 2.45) is 5.92 Å². The molecule has 0 radical (unpaired) electrons. The molecular formula is C18H20O2. The van der Waals surface area contributed by atoms with Gasteiger partial charge >= 0.3 is 0 Å². The van der Waals surface area contributed by atoms with E-state index in [2.05, 4.69) is 31.2 Å². The van der Waals surface area contributed by atoms with Crippen LogP contribution in [0.3, 0.4) is 0 Å². The lowest BCUT2D eigenvalue weighted by molar-refractivity contribution is -0.135. The number of benzene rings is 2. The Morgan fingerprint density at radius 2 is 1.45 bits per heavy atom. The third kappa shape index (κ3) is 2.62. The highest BCUT2D eigenvalue weighted by atomic mass is 16.5. The van der Waals surface area contributed by atoms with Crippen molar-refractivity contribution in [2.45, 2.75) is 31.7 Å². The molecule has 0 spiro atoms. The van der Waals surface area contributed by atoms with E-state index in [1.165, 1.54) is 0 Å². The second-order valence-electron chi connectivity index (χ2n) is 5.53. The fourth-order valence-corrected chi connectivity index (χ4v) is 2.90. The van der Waals surface area contributed by atoms with Crippen LogP contribution in [-0.2, 0) is 4.74 Å². The molecule has 1 aliphatic heterocycles. The molecule has 104 valence electrons. The number of rotatable bonds is 2. The SMILES string of the molecule is C[C@H]1[C@H](O)C[C@H](c2ccccc2)O[C@@H]1c1ccccc1. The zero-order valence-electron chi connectivity index (χ0n) is 11.6. The molecule has 0 saturated carbocycles. The minimum atomic E-state index is -0.334. The largest absolute Gasteiger partial charge is 0.393 e. The van der Waals surface area contributed by atoms with Crippen molar-refractivity contribution in [3.05, 3.63) is 71.8 Å². The van der Waals surface area contributed by atoms with Crippen LogP contribution in [0.2, 0.25) is 0 Å². The van der Waals surface area contributed by atoms with Crippen molar-refractivity contribution < 1.29 is 9.84 Å². The first-order chi connectivity index (χ1) is 9.75. The molecule has 1 aliphatic rings. The Morgan fingerprint density at radius 3 is 2.05 bits per heavy atom. The number of hydrogen-bond acceptors (Lipinski definition) is 2. The van der Waals surface area contributed by atoms with E-state index in [0.29, 0.717) is 6.42 Å². The standard InChI is InChI=1S/C18H20O2/c1-13-16(19)12-17(14-8-4-2-5-9-14)20-18(13)15-10-6-3-7-11-15/h2-11,13,16-19H,12H2,1H3/t13-,16+,17+,18-/m0/s1. The Morgan fingerprint density at radius 1 is 0.900 bits per heavy atom. The Kier molecular flexibility index (Phi) is 3.86. The molecule has 2 heteroatoms. The van der Waals surface area contributed by atoms with E-state index in [0.717, 1.165) is 11.1 Å². The molecule has 1 saturated heterocycles. The van der Waals surface area contributed by atoms with Crippen LogP contribution in [0.15, 0.2) is 60.7 Å². The second-order valence-corrected chi connectivity index (χ2v) is 5.53. The average Bonchev–Trinajstić information content (AvgIpc) is 2.51. The highest BCUT2D eigenvalue weighted by Crippen LogP contribution is 2.42. The molecule has 2 aromatic carbocycles. The van der Waals surface area contributed by atoms with Crippen molar-refractivity contribution >= 4 is 0 Å². The number of hydrogen-bond donors (Lipinski definition) is 1. The van der Waals surface area contributed by atoms with Crippen LogP contribution < -0.4 is 0 Å². The molecule has 20 heavy (non-hydrogen) atoms. The predicted molar refractivity (Wildman–Crippen MR) is 79.2 cm³/mol. The Balaban J connectivity index is 1.87. The van der Waals surface area contributed by atoms with Crippen molar-refractivity contribution in [2.75, 3.05) is 0 Å². The van der Waals surface area contributed by atoms with E-state index in [-0.39, 0.29) is 24.2 Å². The van der Waals surface area contributed by atoms with Gasteiger partial charge in [0.15, 0.2) is 0 Å². The Hall–Kier alpha value is -1.64. The highest BCUT2D eigenvalue weighted by Gasteiger charge is 2.36. The summed E-state index contributed by atoms with van der Waals surface area (Å²) < 4.78 is 6.28. The molecular weight excluding hydrogens is 248 g/mol. The molecule has 0 bridgehead atoms. The van der Waals surface area contributed by atoms with E-state index in [1.54, 1.807) is 0 Å². The summed E-state index contributed by atoms with van der Waals surface area (Å²) in [5, 5.41) is 10.4. The van der Waals surface area contributed by atoms with Crippen molar-refractivity contribution in [1.82, 2.24) is 0 Å². The highest BCUT2D eigenvalue weighted by molar-refractivity contribution is 5.22. The van der Waals surface area contributed by atoms with E-state index < -0.39 is 0 Å². The number of aliphatic hydroxyl groups excluding tert-OH is 1. The maximum Gasteiger partial charge on any atom is 0.0883 e. The molecule has 3 rings (SSSR count). The minimum absolute atomic E-state index is 0.0346. The van der Waals surface area contributed by atoms with Gasteiger partial charge < -0.3 is 9.84 Å². The summed E-state index contributed by atoms with van der Waals surface area (Å²) in [5.74, 6) is 0.109. The fourth-order valence-electron chi connectivity index (χ4n) is 2.90. The lowest BCUT2D eigenvalue weighted by atomic mass is 9.85. The first kappa shape index (κ1) is 13.3. The van der Waals surface area contributed by atoms with Crippen LogP contribution >= 0.6 is 0 Å². The molecule has 4 atom stereocenters. The van der Waals surface area contributed by atoms with E-state index in [9.17, 15) is 5.11 Å². The summed E-state index contributed by atoms with van der Waals surface area (Å²) in [4.78, 5) is 0. The Labute approximate surface area is 120 Å². The van der Waals surface area contributed by atoms with E-state index >= 15 is 0 Å². The maximum absolute atomic E-state index is 10.4. The zero-order chi connectivity index (χ0) is 13.9. The van der Waals surface area contributed by atoms with Crippen LogP contribution in [-0.4, -0.2) is 11.2 Å². The van der Waals surface area contributed by atoms with Gasteiger partial charge in [0, 0.05) is 12.3 Å². The van der Waals surface area contributed by atoms with Crippen LogP contribution in [0.1, 0.15) is 36.7 Å². The van der Waals surface area contributed by atoms with Gasteiger partial charge in [0.1, 0.15) is 0 Å². The third-order valence-electron chi connectivity index (χ3n) is 4.15. The normalized spacial score (nSPS) is 30.1. The second kappa shape index (κ2) is 5.78. The summed E-state index contributed by atoms with van der Waals surface area (Å²) in [5.41, 5.74) is 2.28. The van der Waals surface area contributed by atoms with Gasteiger partial charge in [0.2, 0.25) is 0 Å². The first-order valence-electron chi connectivity index (χ1n) is 7.19. The van der Waals surface area contributed by atoms with Gasteiger partial charge in [-0.05, 0) is 11.1 Å². The maximum atomic E-state index is 10.4. The molecule has 0 aliphatic carbocycles. The van der Waals surface area contributed by atoms with Gasteiger partial charge in [-0.3, -0.25) is 0 Å². The molecule has 2 nitrogen and oxygen atoms in total. The number of ether oxygens (including phenoxy) is 1. The smallest absolute Gasteiger partial charge is 0.0883 e. The quantitative estimate of drug-likeness (QED) is 0.895.